The minimum Gasteiger partial charge on any atom is -0.354 e. The SMILES string of the molecule is O=C1NC[C@H]2[C@@H]1CCCN2C(=O)Nc1cccc(C#Cc2ccccc2)c1. The molecule has 0 aromatic heterocycles. The van der Waals surface area contributed by atoms with Crippen LogP contribution in [0.25, 0.3) is 0 Å². The Morgan fingerprint density at radius 2 is 1.85 bits per heavy atom. The van der Waals surface area contributed by atoms with Gasteiger partial charge in [-0.3, -0.25) is 4.79 Å². The summed E-state index contributed by atoms with van der Waals surface area (Å²) in [5, 5.41) is 5.83. The van der Waals surface area contributed by atoms with E-state index in [4.69, 9.17) is 0 Å². The third-order valence-corrected chi connectivity index (χ3v) is 5.10. The van der Waals surface area contributed by atoms with E-state index in [1.54, 1.807) is 4.90 Å². The molecule has 0 unspecified atom stereocenters. The van der Waals surface area contributed by atoms with Crippen molar-refractivity contribution in [1.29, 1.82) is 0 Å². The molecule has 5 nitrogen and oxygen atoms in total. The molecule has 2 aliphatic heterocycles. The van der Waals surface area contributed by atoms with E-state index in [0.717, 1.165) is 24.0 Å². The highest BCUT2D eigenvalue weighted by atomic mass is 16.2. The molecule has 2 N–H and O–H groups in total. The number of likely N-dealkylation sites (tertiary alicyclic amines) is 1. The number of hydrogen-bond donors (Lipinski definition) is 2. The number of piperidine rings is 1. The molecule has 0 bridgehead atoms. The van der Waals surface area contributed by atoms with Crippen molar-refractivity contribution in [3.05, 3.63) is 65.7 Å². The fourth-order valence-electron chi connectivity index (χ4n) is 3.74. The summed E-state index contributed by atoms with van der Waals surface area (Å²) in [7, 11) is 0. The van der Waals surface area contributed by atoms with Crippen LogP contribution >= 0.6 is 0 Å². The van der Waals surface area contributed by atoms with E-state index in [0.29, 0.717) is 18.8 Å². The molecule has 0 aliphatic carbocycles. The maximum atomic E-state index is 12.7. The van der Waals surface area contributed by atoms with Gasteiger partial charge in [-0.05, 0) is 43.2 Å². The third kappa shape index (κ3) is 3.80. The van der Waals surface area contributed by atoms with Gasteiger partial charge in [0.1, 0.15) is 0 Å². The lowest BCUT2D eigenvalue weighted by Gasteiger charge is -2.35. The van der Waals surface area contributed by atoms with E-state index >= 15 is 0 Å². The van der Waals surface area contributed by atoms with Gasteiger partial charge in [0, 0.05) is 29.9 Å². The fraction of sp³-hybridized carbons (Fsp3) is 0.273. The van der Waals surface area contributed by atoms with Gasteiger partial charge in [-0.2, -0.15) is 0 Å². The summed E-state index contributed by atoms with van der Waals surface area (Å²) in [6.07, 6.45) is 1.70. The van der Waals surface area contributed by atoms with Crippen LogP contribution in [0.1, 0.15) is 24.0 Å². The largest absolute Gasteiger partial charge is 0.354 e. The Morgan fingerprint density at radius 3 is 2.70 bits per heavy atom. The number of urea groups is 1. The van der Waals surface area contributed by atoms with Gasteiger partial charge in [-0.1, -0.05) is 36.1 Å². The second-order valence-corrected chi connectivity index (χ2v) is 6.88. The van der Waals surface area contributed by atoms with Gasteiger partial charge in [-0.25, -0.2) is 4.79 Å². The zero-order valence-electron chi connectivity index (χ0n) is 14.9. The Hall–Kier alpha value is -3.26. The highest BCUT2D eigenvalue weighted by Crippen LogP contribution is 2.28. The number of anilines is 1. The van der Waals surface area contributed by atoms with Gasteiger partial charge in [-0.15, -0.1) is 0 Å². The van der Waals surface area contributed by atoms with Crippen molar-refractivity contribution in [3.63, 3.8) is 0 Å². The average Bonchev–Trinajstić information content (AvgIpc) is 3.09. The molecule has 0 spiro atoms. The first-order valence-corrected chi connectivity index (χ1v) is 9.23. The average molecular weight is 359 g/mol. The number of rotatable bonds is 1. The lowest BCUT2D eigenvalue weighted by molar-refractivity contribution is -0.123. The van der Waals surface area contributed by atoms with Crippen LogP contribution in [0.3, 0.4) is 0 Å². The molecular formula is C22H21N3O2. The van der Waals surface area contributed by atoms with Crippen molar-refractivity contribution in [2.24, 2.45) is 5.92 Å². The summed E-state index contributed by atoms with van der Waals surface area (Å²) < 4.78 is 0. The summed E-state index contributed by atoms with van der Waals surface area (Å²) in [5.41, 5.74) is 2.50. The molecule has 27 heavy (non-hydrogen) atoms. The van der Waals surface area contributed by atoms with Crippen molar-refractivity contribution in [2.45, 2.75) is 18.9 Å². The predicted octanol–water partition coefficient (Wildman–Crippen LogP) is 2.83. The van der Waals surface area contributed by atoms with E-state index in [1.807, 2.05) is 54.6 Å². The first-order chi connectivity index (χ1) is 13.2. The van der Waals surface area contributed by atoms with Gasteiger partial charge < -0.3 is 15.5 Å². The molecule has 3 amide bonds. The summed E-state index contributed by atoms with van der Waals surface area (Å²) in [4.78, 5) is 26.4. The molecule has 2 aliphatic rings. The number of carbonyl (C=O) groups is 2. The van der Waals surface area contributed by atoms with Crippen LogP contribution < -0.4 is 10.6 Å². The van der Waals surface area contributed by atoms with Gasteiger partial charge in [0.25, 0.3) is 0 Å². The quantitative estimate of drug-likeness (QED) is 0.769. The second kappa shape index (κ2) is 7.55. The first kappa shape index (κ1) is 17.2. The number of amides is 3. The van der Waals surface area contributed by atoms with Crippen molar-refractivity contribution in [1.82, 2.24) is 10.2 Å². The van der Waals surface area contributed by atoms with E-state index in [2.05, 4.69) is 22.5 Å². The summed E-state index contributed by atoms with van der Waals surface area (Å²) in [6.45, 7) is 1.22. The zero-order valence-corrected chi connectivity index (χ0v) is 14.9. The van der Waals surface area contributed by atoms with Crippen LogP contribution in [0.5, 0.6) is 0 Å². The number of fused-ring (bicyclic) bond motifs is 1. The Labute approximate surface area is 158 Å². The van der Waals surface area contributed by atoms with Crippen LogP contribution in [0.15, 0.2) is 54.6 Å². The topological polar surface area (TPSA) is 61.4 Å². The van der Waals surface area contributed by atoms with E-state index in [1.165, 1.54) is 0 Å². The number of hydrogen-bond acceptors (Lipinski definition) is 2. The number of carbonyl (C=O) groups excluding carboxylic acids is 2. The highest BCUT2D eigenvalue weighted by molar-refractivity contribution is 5.91. The Kier molecular flexibility index (Phi) is 4.80. The van der Waals surface area contributed by atoms with Crippen LogP contribution in [-0.4, -0.2) is 36.0 Å². The molecule has 4 rings (SSSR count). The van der Waals surface area contributed by atoms with Gasteiger partial charge in [0.05, 0.1) is 12.0 Å². The molecule has 5 heteroatoms. The number of nitrogens with one attached hydrogen (secondary N) is 2. The minimum absolute atomic E-state index is 0.0488. The number of nitrogens with zero attached hydrogens (tertiary/aromatic N) is 1. The molecule has 2 saturated heterocycles. The number of benzene rings is 2. The molecule has 136 valence electrons. The summed E-state index contributed by atoms with van der Waals surface area (Å²) >= 11 is 0. The Bertz CT molecular complexity index is 914. The Morgan fingerprint density at radius 1 is 1.07 bits per heavy atom. The van der Waals surface area contributed by atoms with Crippen LogP contribution in [0.2, 0.25) is 0 Å². The first-order valence-electron chi connectivity index (χ1n) is 9.23. The third-order valence-electron chi connectivity index (χ3n) is 5.10. The van der Waals surface area contributed by atoms with Gasteiger partial charge in [0.15, 0.2) is 0 Å². The van der Waals surface area contributed by atoms with E-state index in [9.17, 15) is 9.59 Å². The van der Waals surface area contributed by atoms with Crippen molar-refractivity contribution >= 4 is 17.6 Å². The van der Waals surface area contributed by atoms with E-state index < -0.39 is 0 Å². The molecule has 2 aromatic rings. The van der Waals surface area contributed by atoms with Crippen molar-refractivity contribution in [2.75, 3.05) is 18.4 Å². The normalized spacial score (nSPS) is 20.9. The standard InChI is InChI=1S/C22H21N3O2/c26-21-19-10-5-13-25(20(19)15-23-21)22(27)24-18-9-4-8-17(14-18)12-11-16-6-2-1-3-7-16/h1-4,6-9,14,19-20H,5,10,13,15H2,(H,23,26)(H,24,27)/t19-,20-/m0/s1. The molecule has 2 atom stereocenters. The van der Waals surface area contributed by atoms with Crippen molar-refractivity contribution < 1.29 is 9.59 Å². The molecule has 2 fully saturated rings. The summed E-state index contributed by atoms with van der Waals surface area (Å²) in [6, 6.07) is 17.1. The van der Waals surface area contributed by atoms with Crippen LogP contribution in [0.4, 0.5) is 10.5 Å². The minimum atomic E-state index is -0.158. The lowest BCUT2D eigenvalue weighted by atomic mass is 9.92. The van der Waals surface area contributed by atoms with Gasteiger partial charge >= 0.3 is 6.03 Å². The predicted molar refractivity (Wildman–Crippen MR) is 104 cm³/mol. The Balaban J connectivity index is 1.46. The highest BCUT2D eigenvalue weighted by Gasteiger charge is 2.42. The summed E-state index contributed by atoms with van der Waals surface area (Å²) in [5.74, 6) is 6.24. The molecule has 2 heterocycles. The fourth-order valence-corrected chi connectivity index (χ4v) is 3.74. The molecule has 0 saturated carbocycles. The lowest BCUT2D eigenvalue weighted by Crippen LogP contribution is -2.50. The molecule has 0 radical (unpaired) electrons. The molecular weight excluding hydrogens is 338 g/mol. The molecule has 2 aromatic carbocycles. The van der Waals surface area contributed by atoms with E-state index in [-0.39, 0.29) is 23.9 Å². The zero-order chi connectivity index (χ0) is 18.6. The maximum absolute atomic E-state index is 12.7. The van der Waals surface area contributed by atoms with Crippen LogP contribution in [-0.2, 0) is 4.79 Å². The maximum Gasteiger partial charge on any atom is 0.322 e. The van der Waals surface area contributed by atoms with Crippen LogP contribution in [0, 0.1) is 17.8 Å². The monoisotopic (exact) mass is 359 g/mol. The van der Waals surface area contributed by atoms with Crippen molar-refractivity contribution in [3.8, 4) is 11.8 Å². The second-order valence-electron chi connectivity index (χ2n) is 6.88. The smallest absolute Gasteiger partial charge is 0.322 e. The van der Waals surface area contributed by atoms with Gasteiger partial charge in [0.2, 0.25) is 5.91 Å².